The van der Waals surface area contributed by atoms with Gasteiger partial charge in [0.15, 0.2) is 0 Å². The maximum absolute atomic E-state index is 2.38. The van der Waals surface area contributed by atoms with E-state index in [4.69, 9.17) is 0 Å². The average molecular weight is 420 g/mol. The van der Waals surface area contributed by atoms with Crippen LogP contribution in [-0.2, 0) is 0 Å². The number of hydrogen-bond donors (Lipinski definition) is 0. The molecule has 2 nitrogen and oxygen atoms in total. The predicted molar refractivity (Wildman–Crippen MR) is 84.8 cm³/mol. The van der Waals surface area contributed by atoms with Crippen molar-refractivity contribution in [2.75, 3.05) is 54.9 Å². The summed E-state index contributed by atoms with van der Waals surface area (Å²) in [6, 6.07) is 0. The number of quaternary nitrogens is 2. The van der Waals surface area contributed by atoms with Crippen molar-refractivity contribution < 1.29 is 42.9 Å². The van der Waals surface area contributed by atoms with Crippen LogP contribution >= 0.6 is 0 Å². The van der Waals surface area contributed by atoms with Gasteiger partial charge in [0.1, 0.15) is 0 Å². The molecule has 0 aliphatic carbocycles. The third-order valence-electron chi connectivity index (χ3n) is 3.46. The molecule has 0 aliphatic heterocycles. The first kappa shape index (κ1) is 29.0. The molecular formula is C16H40Br2N2. The van der Waals surface area contributed by atoms with E-state index in [1.807, 2.05) is 0 Å². The Morgan fingerprint density at radius 2 is 1.05 bits per heavy atom. The van der Waals surface area contributed by atoms with Crippen LogP contribution in [0, 0.1) is 0 Å². The van der Waals surface area contributed by atoms with Crippen LogP contribution in [0.15, 0.2) is 0 Å². The summed E-state index contributed by atoms with van der Waals surface area (Å²) in [4.78, 5) is 0. The molecule has 0 fully saturated rings. The lowest BCUT2D eigenvalue weighted by atomic mass is 10.1. The number of nitrogens with zero attached hydrogens (tertiary/aromatic N) is 2. The minimum atomic E-state index is 0. The first-order valence-electron chi connectivity index (χ1n) is 7.39. The Kier molecular flexibility index (Phi) is 21.4. The molecule has 0 aromatic heterocycles. The summed E-state index contributed by atoms with van der Waals surface area (Å²) >= 11 is 0. The molecular weight excluding hydrogens is 380 g/mol. The van der Waals surface area contributed by atoms with Gasteiger partial charge < -0.3 is 42.9 Å². The molecule has 0 aromatic carbocycles. The molecule has 0 atom stereocenters. The highest BCUT2D eigenvalue weighted by Gasteiger charge is 2.16. The van der Waals surface area contributed by atoms with E-state index in [-0.39, 0.29) is 41.4 Å². The molecule has 4 heteroatoms. The molecule has 0 saturated heterocycles. The standard InChI is InChI=1S/C15H36N2.CH4.2BrH/c1-7-8-9-10-11-14-17(5,6)15-12-13-16(2,3)4;;;/h7-15H2,1-6H3;1H4;2*1H/q+2;;;/p-2. The van der Waals surface area contributed by atoms with Gasteiger partial charge in [-0.1, -0.05) is 33.6 Å². The van der Waals surface area contributed by atoms with Crippen LogP contribution in [0.25, 0.3) is 0 Å². The Labute approximate surface area is 150 Å². The van der Waals surface area contributed by atoms with Gasteiger partial charge in [-0.05, 0) is 12.8 Å². The first-order valence-corrected chi connectivity index (χ1v) is 7.39. The lowest BCUT2D eigenvalue weighted by molar-refractivity contribution is -0.902. The van der Waals surface area contributed by atoms with Gasteiger partial charge in [-0.3, -0.25) is 0 Å². The molecule has 0 bridgehead atoms. The van der Waals surface area contributed by atoms with Gasteiger partial charge in [0.05, 0.1) is 54.9 Å². The van der Waals surface area contributed by atoms with Crippen LogP contribution in [0.1, 0.15) is 52.9 Å². The Morgan fingerprint density at radius 3 is 1.50 bits per heavy atom. The smallest absolute Gasteiger partial charge is 0.0836 e. The Hall–Kier alpha value is 0.880. The molecule has 0 spiro atoms. The zero-order valence-corrected chi connectivity index (χ0v) is 17.2. The molecule has 0 radical (unpaired) electrons. The number of hydrogen-bond acceptors (Lipinski definition) is 0. The van der Waals surface area contributed by atoms with Crippen molar-refractivity contribution in [3.63, 3.8) is 0 Å². The van der Waals surface area contributed by atoms with Gasteiger partial charge in [-0.15, -0.1) is 0 Å². The van der Waals surface area contributed by atoms with Crippen LogP contribution in [-0.4, -0.2) is 63.8 Å². The van der Waals surface area contributed by atoms with E-state index in [1.165, 1.54) is 62.6 Å². The van der Waals surface area contributed by atoms with Crippen molar-refractivity contribution in [2.45, 2.75) is 52.9 Å². The van der Waals surface area contributed by atoms with Gasteiger partial charge in [-0.25, -0.2) is 0 Å². The van der Waals surface area contributed by atoms with E-state index in [2.05, 4.69) is 42.2 Å². The van der Waals surface area contributed by atoms with Crippen molar-refractivity contribution >= 4 is 0 Å². The molecule has 128 valence electrons. The van der Waals surface area contributed by atoms with Crippen LogP contribution < -0.4 is 34.0 Å². The Balaban J connectivity index is -0.000000427. The fourth-order valence-electron chi connectivity index (χ4n) is 2.23. The number of rotatable bonds is 10. The predicted octanol–water partition coefficient (Wildman–Crippen LogP) is -2.23. The van der Waals surface area contributed by atoms with Crippen LogP contribution in [0.3, 0.4) is 0 Å². The fraction of sp³-hybridized carbons (Fsp3) is 1.00. The van der Waals surface area contributed by atoms with Gasteiger partial charge in [0, 0.05) is 6.42 Å². The normalized spacial score (nSPS) is 11.1. The summed E-state index contributed by atoms with van der Waals surface area (Å²) in [5.74, 6) is 0. The van der Waals surface area contributed by atoms with Crippen molar-refractivity contribution in [2.24, 2.45) is 0 Å². The number of unbranched alkanes of at least 4 members (excludes halogenated alkanes) is 4. The second kappa shape index (κ2) is 14.8. The second-order valence-corrected chi connectivity index (χ2v) is 7.16. The van der Waals surface area contributed by atoms with Crippen molar-refractivity contribution in [1.82, 2.24) is 0 Å². The van der Waals surface area contributed by atoms with Crippen molar-refractivity contribution in [3.05, 3.63) is 0 Å². The average Bonchev–Trinajstić information content (AvgIpc) is 2.14. The third kappa shape index (κ3) is 21.2. The monoisotopic (exact) mass is 418 g/mol. The lowest BCUT2D eigenvalue weighted by Gasteiger charge is -2.31. The van der Waals surface area contributed by atoms with Gasteiger partial charge in [0.25, 0.3) is 0 Å². The minimum Gasteiger partial charge on any atom is -1.00 e. The summed E-state index contributed by atoms with van der Waals surface area (Å²) in [7, 11) is 11.6. The Morgan fingerprint density at radius 1 is 0.600 bits per heavy atom. The maximum atomic E-state index is 2.38. The summed E-state index contributed by atoms with van der Waals surface area (Å²) < 4.78 is 2.29. The fourth-order valence-corrected chi connectivity index (χ4v) is 2.23. The maximum Gasteiger partial charge on any atom is 0.0836 e. The van der Waals surface area contributed by atoms with Crippen molar-refractivity contribution in [3.8, 4) is 0 Å². The lowest BCUT2D eigenvalue weighted by Crippen LogP contribution is -3.00. The molecule has 0 rings (SSSR count). The van der Waals surface area contributed by atoms with Crippen LogP contribution in [0.5, 0.6) is 0 Å². The summed E-state index contributed by atoms with van der Waals surface area (Å²) in [6.45, 7) is 6.24. The van der Waals surface area contributed by atoms with Gasteiger partial charge in [-0.2, -0.15) is 0 Å². The highest BCUT2D eigenvalue weighted by Crippen LogP contribution is 2.08. The quantitative estimate of drug-likeness (QED) is 0.278. The second-order valence-electron chi connectivity index (χ2n) is 7.16. The largest absolute Gasteiger partial charge is 1.00 e. The molecule has 0 amide bonds. The minimum absolute atomic E-state index is 0. The summed E-state index contributed by atoms with van der Waals surface area (Å²) in [5, 5.41) is 0. The topological polar surface area (TPSA) is 0 Å². The van der Waals surface area contributed by atoms with Crippen molar-refractivity contribution in [1.29, 1.82) is 0 Å². The van der Waals surface area contributed by atoms with E-state index in [0.29, 0.717) is 0 Å². The molecule has 20 heavy (non-hydrogen) atoms. The van der Waals surface area contributed by atoms with Gasteiger partial charge >= 0.3 is 0 Å². The summed E-state index contributed by atoms with van der Waals surface area (Å²) in [5.41, 5.74) is 0. The zero-order chi connectivity index (χ0) is 13.4. The summed E-state index contributed by atoms with van der Waals surface area (Å²) in [6.07, 6.45) is 8.35. The molecule has 0 N–H and O–H groups in total. The molecule has 0 heterocycles. The third-order valence-corrected chi connectivity index (χ3v) is 3.46. The number of halogens is 2. The SMILES string of the molecule is C.CCCCCCC[N+](C)(C)CCC[N+](C)(C)C.[Br-].[Br-]. The molecule has 0 aliphatic rings. The van der Waals surface area contributed by atoms with E-state index in [9.17, 15) is 0 Å². The molecule has 0 unspecified atom stereocenters. The molecule has 0 saturated carbocycles. The highest BCUT2D eigenvalue weighted by atomic mass is 79.9. The van der Waals surface area contributed by atoms with Crippen LogP contribution in [0.2, 0.25) is 0 Å². The Bertz CT molecular complexity index is 189. The van der Waals surface area contributed by atoms with Gasteiger partial charge in [0.2, 0.25) is 0 Å². The van der Waals surface area contributed by atoms with E-state index in [0.717, 1.165) is 4.48 Å². The zero-order valence-electron chi connectivity index (χ0n) is 14.0. The van der Waals surface area contributed by atoms with E-state index >= 15 is 0 Å². The van der Waals surface area contributed by atoms with E-state index < -0.39 is 0 Å². The first-order chi connectivity index (χ1) is 7.77. The van der Waals surface area contributed by atoms with E-state index in [1.54, 1.807) is 0 Å². The highest BCUT2D eigenvalue weighted by molar-refractivity contribution is 4.43. The molecule has 0 aromatic rings. The van der Waals surface area contributed by atoms with Crippen LogP contribution in [0.4, 0.5) is 0 Å².